The highest BCUT2D eigenvalue weighted by Crippen LogP contribution is 2.27. The highest BCUT2D eigenvalue weighted by Gasteiger charge is 2.17. The monoisotopic (exact) mass is 322 g/mol. The lowest BCUT2D eigenvalue weighted by molar-refractivity contribution is 0.411. The van der Waals surface area contributed by atoms with Gasteiger partial charge in [-0.25, -0.2) is 13.1 Å². The van der Waals surface area contributed by atoms with Crippen molar-refractivity contribution in [3.63, 3.8) is 0 Å². The van der Waals surface area contributed by atoms with E-state index in [4.69, 9.17) is 10.5 Å². The first kappa shape index (κ1) is 14.4. The van der Waals surface area contributed by atoms with Gasteiger partial charge in [0.15, 0.2) is 0 Å². The number of hydrogen-bond acceptors (Lipinski definition) is 4. The topological polar surface area (TPSA) is 81.4 Å². The lowest BCUT2D eigenvalue weighted by Crippen LogP contribution is -2.37. The highest BCUT2D eigenvalue weighted by molar-refractivity contribution is 9.10. The Bertz CT molecular complexity index is 490. The van der Waals surface area contributed by atoms with Crippen LogP contribution in [0, 0.1) is 0 Å². The summed E-state index contributed by atoms with van der Waals surface area (Å²) in [7, 11) is -2.02. The third kappa shape index (κ3) is 3.67. The van der Waals surface area contributed by atoms with Crippen LogP contribution in [0.5, 0.6) is 5.75 Å². The maximum Gasteiger partial charge on any atom is 0.240 e. The summed E-state index contributed by atoms with van der Waals surface area (Å²) in [6.07, 6.45) is 0. The van der Waals surface area contributed by atoms with E-state index < -0.39 is 10.0 Å². The second-order valence-corrected chi connectivity index (χ2v) is 6.12. The first-order chi connectivity index (χ1) is 7.90. The van der Waals surface area contributed by atoms with Gasteiger partial charge in [-0.2, -0.15) is 0 Å². The molecular weight excluding hydrogens is 308 g/mol. The molecule has 0 heterocycles. The number of benzene rings is 1. The zero-order valence-corrected chi connectivity index (χ0v) is 12.0. The minimum Gasteiger partial charge on any atom is -0.496 e. The van der Waals surface area contributed by atoms with Gasteiger partial charge in [-0.1, -0.05) is 0 Å². The summed E-state index contributed by atoms with van der Waals surface area (Å²) in [6, 6.07) is 4.26. The third-order valence-electron chi connectivity index (χ3n) is 2.14. The lowest BCUT2D eigenvalue weighted by atomic mass is 10.3. The zero-order valence-electron chi connectivity index (χ0n) is 9.60. The molecule has 5 nitrogen and oxygen atoms in total. The molecule has 1 rings (SSSR count). The van der Waals surface area contributed by atoms with Crippen LogP contribution in [-0.2, 0) is 10.0 Å². The summed E-state index contributed by atoms with van der Waals surface area (Å²) in [4.78, 5) is 0.172. The van der Waals surface area contributed by atoms with Gasteiger partial charge in [0.25, 0.3) is 0 Å². The number of sulfonamides is 1. The Hall–Kier alpha value is -0.630. The molecule has 0 aromatic heterocycles. The van der Waals surface area contributed by atoms with Gasteiger partial charge in [0.1, 0.15) is 5.75 Å². The van der Waals surface area contributed by atoms with Crippen molar-refractivity contribution in [3.05, 3.63) is 22.7 Å². The molecule has 7 heteroatoms. The third-order valence-corrected chi connectivity index (χ3v) is 4.35. The van der Waals surface area contributed by atoms with Crippen molar-refractivity contribution in [1.82, 2.24) is 4.72 Å². The SMILES string of the molecule is COc1ccc(S(=O)(=O)N[C@H](C)CN)cc1Br. The molecule has 0 amide bonds. The van der Waals surface area contributed by atoms with E-state index >= 15 is 0 Å². The Morgan fingerprint density at radius 3 is 2.65 bits per heavy atom. The Kier molecular flexibility index (Phi) is 4.93. The van der Waals surface area contributed by atoms with Crippen molar-refractivity contribution in [2.45, 2.75) is 17.9 Å². The number of nitrogens with one attached hydrogen (secondary N) is 1. The molecule has 1 aromatic rings. The largest absolute Gasteiger partial charge is 0.496 e. The zero-order chi connectivity index (χ0) is 13.1. The molecule has 0 bridgehead atoms. The minimum absolute atomic E-state index is 0.172. The molecule has 1 aromatic carbocycles. The van der Waals surface area contributed by atoms with E-state index in [0.717, 1.165) is 0 Å². The van der Waals surface area contributed by atoms with E-state index in [1.807, 2.05) is 0 Å². The second kappa shape index (κ2) is 5.81. The predicted molar refractivity (Wildman–Crippen MR) is 69.5 cm³/mol. The van der Waals surface area contributed by atoms with Crippen LogP contribution in [0.4, 0.5) is 0 Å². The molecule has 0 aliphatic carbocycles. The number of methoxy groups -OCH3 is 1. The molecule has 0 saturated carbocycles. The van der Waals surface area contributed by atoms with Crippen LogP contribution in [-0.4, -0.2) is 28.1 Å². The summed E-state index contributed by atoms with van der Waals surface area (Å²) < 4.78 is 31.9. The molecule has 0 saturated heterocycles. The van der Waals surface area contributed by atoms with Crippen LogP contribution in [0.25, 0.3) is 0 Å². The van der Waals surface area contributed by atoms with Gasteiger partial charge < -0.3 is 10.5 Å². The number of ether oxygens (including phenoxy) is 1. The van der Waals surface area contributed by atoms with Crippen molar-refractivity contribution in [1.29, 1.82) is 0 Å². The summed E-state index contributed by atoms with van der Waals surface area (Å²) >= 11 is 3.24. The van der Waals surface area contributed by atoms with Gasteiger partial charge in [0, 0.05) is 12.6 Å². The first-order valence-corrected chi connectivity index (χ1v) is 7.24. The molecule has 0 fully saturated rings. The van der Waals surface area contributed by atoms with Gasteiger partial charge in [-0.3, -0.25) is 0 Å². The standard InChI is InChI=1S/C10H15BrN2O3S/c1-7(6-12)13-17(14,15)8-3-4-10(16-2)9(11)5-8/h3-5,7,13H,6,12H2,1-2H3/t7-/m1/s1. The molecule has 96 valence electrons. The van der Waals surface area contributed by atoms with E-state index in [2.05, 4.69) is 20.7 Å². The summed E-state index contributed by atoms with van der Waals surface area (Å²) in [5.41, 5.74) is 5.38. The fourth-order valence-corrected chi connectivity index (χ4v) is 3.17. The predicted octanol–water partition coefficient (Wildman–Crippen LogP) is 1.08. The summed E-state index contributed by atoms with van der Waals surface area (Å²) in [5.74, 6) is 0.579. The van der Waals surface area contributed by atoms with Crippen LogP contribution in [0.3, 0.4) is 0 Å². The van der Waals surface area contributed by atoms with Crippen molar-refractivity contribution in [2.24, 2.45) is 5.73 Å². The smallest absolute Gasteiger partial charge is 0.240 e. The quantitative estimate of drug-likeness (QED) is 0.850. The average Bonchev–Trinajstić information content (AvgIpc) is 2.28. The fourth-order valence-electron chi connectivity index (χ4n) is 1.20. The second-order valence-electron chi connectivity index (χ2n) is 3.55. The Morgan fingerprint density at radius 2 is 2.18 bits per heavy atom. The van der Waals surface area contributed by atoms with E-state index in [-0.39, 0.29) is 17.5 Å². The van der Waals surface area contributed by atoms with E-state index in [1.54, 1.807) is 13.0 Å². The van der Waals surface area contributed by atoms with Crippen LogP contribution in [0.15, 0.2) is 27.6 Å². The van der Waals surface area contributed by atoms with E-state index in [1.165, 1.54) is 19.2 Å². The van der Waals surface area contributed by atoms with Crippen molar-refractivity contribution >= 4 is 26.0 Å². The molecule has 1 atom stereocenters. The van der Waals surface area contributed by atoms with Gasteiger partial charge in [0.2, 0.25) is 10.0 Å². The normalized spacial score (nSPS) is 13.4. The molecule has 3 N–H and O–H groups in total. The van der Waals surface area contributed by atoms with Gasteiger partial charge in [-0.05, 0) is 41.1 Å². The van der Waals surface area contributed by atoms with Crippen LogP contribution >= 0.6 is 15.9 Å². The van der Waals surface area contributed by atoms with Crippen LogP contribution in [0.1, 0.15) is 6.92 Å². The summed E-state index contributed by atoms with van der Waals surface area (Å²) in [5, 5.41) is 0. The molecule has 17 heavy (non-hydrogen) atoms. The van der Waals surface area contributed by atoms with E-state index in [0.29, 0.717) is 10.2 Å². The Labute approximate surface area is 110 Å². The maximum absolute atomic E-state index is 11.9. The highest BCUT2D eigenvalue weighted by atomic mass is 79.9. The van der Waals surface area contributed by atoms with Crippen molar-refractivity contribution < 1.29 is 13.2 Å². The average molecular weight is 323 g/mol. The van der Waals surface area contributed by atoms with E-state index in [9.17, 15) is 8.42 Å². The number of rotatable bonds is 5. The maximum atomic E-state index is 11.9. The molecule has 0 spiro atoms. The van der Waals surface area contributed by atoms with Crippen LogP contribution in [0.2, 0.25) is 0 Å². The van der Waals surface area contributed by atoms with Gasteiger partial charge in [-0.15, -0.1) is 0 Å². The summed E-state index contributed by atoms with van der Waals surface area (Å²) in [6.45, 7) is 1.95. The minimum atomic E-state index is -3.53. The molecule has 0 unspecified atom stereocenters. The Balaban J connectivity index is 3.04. The number of halogens is 1. The molecule has 0 aliphatic rings. The van der Waals surface area contributed by atoms with Gasteiger partial charge in [0.05, 0.1) is 16.5 Å². The van der Waals surface area contributed by atoms with Crippen molar-refractivity contribution in [3.8, 4) is 5.75 Å². The molecule has 0 aliphatic heterocycles. The van der Waals surface area contributed by atoms with Gasteiger partial charge >= 0.3 is 0 Å². The van der Waals surface area contributed by atoms with Crippen molar-refractivity contribution in [2.75, 3.05) is 13.7 Å². The molecular formula is C10H15BrN2O3S. The fraction of sp³-hybridized carbons (Fsp3) is 0.400. The number of nitrogens with two attached hydrogens (primary N) is 1. The Morgan fingerprint density at radius 1 is 1.53 bits per heavy atom. The first-order valence-electron chi connectivity index (χ1n) is 4.96. The lowest BCUT2D eigenvalue weighted by Gasteiger charge is -2.12. The van der Waals surface area contributed by atoms with Crippen LogP contribution < -0.4 is 15.2 Å². The number of hydrogen-bond donors (Lipinski definition) is 2. The molecule has 0 radical (unpaired) electrons.